The summed E-state index contributed by atoms with van der Waals surface area (Å²) >= 11 is 0. The van der Waals surface area contributed by atoms with E-state index in [0.29, 0.717) is 6.04 Å². The number of aromatic amines is 1. The fourth-order valence-electron chi connectivity index (χ4n) is 2.71. The summed E-state index contributed by atoms with van der Waals surface area (Å²) in [7, 11) is 2.02. The molecule has 0 unspecified atom stereocenters. The molecule has 20 heavy (non-hydrogen) atoms. The van der Waals surface area contributed by atoms with Crippen molar-refractivity contribution >= 4 is 5.95 Å². The average Bonchev–Trinajstić information content (AvgIpc) is 3.15. The lowest BCUT2D eigenvalue weighted by Gasteiger charge is -2.30. The van der Waals surface area contributed by atoms with Gasteiger partial charge in [-0.2, -0.15) is 4.98 Å². The lowest BCUT2D eigenvalue weighted by molar-refractivity contribution is 0.439. The number of rotatable bonds is 4. The average molecular weight is 275 g/mol. The number of nitrogens with one attached hydrogen (secondary N) is 2. The highest BCUT2D eigenvalue weighted by Crippen LogP contribution is 2.24. The van der Waals surface area contributed by atoms with E-state index < -0.39 is 0 Å². The normalized spacial score (nSPS) is 16.8. The minimum Gasteiger partial charge on any atom is -0.469 e. The number of aryl methyl sites for hydroxylation is 1. The maximum atomic E-state index is 5.44. The third kappa shape index (κ3) is 2.43. The molecule has 2 aromatic rings. The molecule has 108 valence electrons. The van der Waals surface area contributed by atoms with Crippen LogP contribution in [0.25, 0.3) is 11.4 Å². The Bertz CT molecular complexity index is 553. The molecular formula is C14H21N5O. The first-order valence-electron chi connectivity index (χ1n) is 7.23. The number of anilines is 1. The Morgan fingerprint density at radius 2 is 2.25 bits per heavy atom. The van der Waals surface area contributed by atoms with Gasteiger partial charge in [0.25, 0.3) is 0 Å². The minimum atomic E-state index is 0.616. The molecule has 0 aromatic carbocycles. The van der Waals surface area contributed by atoms with Gasteiger partial charge in [0.2, 0.25) is 5.95 Å². The smallest absolute Gasteiger partial charge is 0.245 e. The van der Waals surface area contributed by atoms with Crippen molar-refractivity contribution in [2.24, 2.45) is 0 Å². The Labute approximate surface area is 118 Å². The first-order chi connectivity index (χ1) is 9.81. The van der Waals surface area contributed by atoms with Gasteiger partial charge >= 0.3 is 0 Å². The molecule has 0 aliphatic carbocycles. The van der Waals surface area contributed by atoms with Crippen LogP contribution < -0.4 is 10.2 Å². The Balaban J connectivity index is 1.74. The molecule has 3 rings (SSSR count). The van der Waals surface area contributed by atoms with Gasteiger partial charge in [0.1, 0.15) is 5.76 Å². The Hall–Kier alpha value is -1.82. The Morgan fingerprint density at radius 3 is 2.95 bits per heavy atom. The van der Waals surface area contributed by atoms with Crippen molar-refractivity contribution in [2.45, 2.75) is 32.2 Å². The third-order valence-electron chi connectivity index (χ3n) is 3.98. The summed E-state index contributed by atoms with van der Waals surface area (Å²) in [6, 6.07) is 2.56. The molecule has 6 nitrogen and oxygen atoms in total. The first-order valence-corrected chi connectivity index (χ1v) is 7.23. The van der Waals surface area contributed by atoms with E-state index in [1.54, 1.807) is 6.26 Å². The van der Waals surface area contributed by atoms with Crippen molar-refractivity contribution in [1.29, 1.82) is 0 Å². The van der Waals surface area contributed by atoms with Crippen LogP contribution in [0, 0.1) is 0 Å². The van der Waals surface area contributed by atoms with Gasteiger partial charge in [-0.05, 0) is 26.0 Å². The molecule has 0 amide bonds. The largest absolute Gasteiger partial charge is 0.469 e. The van der Waals surface area contributed by atoms with Gasteiger partial charge in [-0.15, -0.1) is 5.10 Å². The zero-order valence-electron chi connectivity index (χ0n) is 12.0. The molecule has 1 fully saturated rings. The molecule has 0 atom stereocenters. The molecular weight excluding hydrogens is 254 g/mol. The molecule has 1 saturated heterocycles. The van der Waals surface area contributed by atoms with Crippen molar-refractivity contribution in [2.75, 3.05) is 25.0 Å². The van der Waals surface area contributed by atoms with Crippen LogP contribution in [0.3, 0.4) is 0 Å². The predicted molar refractivity (Wildman–Crippen MR) is 77.8 cm³/mol. The van der Waals surface area contributed by atoms with Gasteiger partial charge in [0, 0.05) is 25.6 Å². The standard InChI is InChI=1S/C14H21N5O/c1-3-12-11(6-9-20-12)13-16-14(18-17-13)19-7-4-10(15-2)5-8-19/h6,9-10,15H,3-5,7-8H2,1-2H3,(H,16,17,18). The molecule has 6 heteroatoms. The topological polar surface area (TPSA) is 70.0 Å². The van der Waals surface area contributed by atoms with Crippen LogP contribution in [0.5, 0.6) is 0 Å². The van der Waals surface area contributed by atoms with E-state index >= 15 is 0 Å². The van der Waals surface area contributed by atoms with E-state index in [-0.39, 0.29) is 0 Å². The molecule has 3 heterocycles. The Kier molecular flexibility index (Phi) is 3.73. The predicted octanol–water partition coefficient (Wildman–Crippen LogP) is 1.82. The van der Waals surface area contributed by atoms with E-state index in [0.717, 1.165) is 55.4 Å². The number of hydrogen-bond acceptors (Lipinski definition) is 5. The molecule has 0 spiro atoms. The molecule has 0 radical (unpaired) electrons. The number of piperidine rings is 1. The first kappa shape index (κ1) is 13.2. The highest BCUT2D eigenvalue weighted by molar-refractivity contribution is 5.58. The summed E-state index contributed by atoms with van der Waals surface area (Å²) in [5.41, 5.74) is 1.01. The van der Waals surface area contributed by atoms with Crippen LogP contribution in [0.4, 0.5) is 5.95 Å². The van der Waals surface area contributed by atoms with Crippen molar-refractivity contribution in [3.8, 4) is 11.4 Å². The van der Waals surface area contributed by atoms with Crippen LogP contribution in [0.1, 0.15) is 25.5 Å². The molecule has 0 saturated carbocycles. The highest BCUT2D eigenvalue weighted by atomic mass is 16.3. The van der Waals surface area contributed by atoms with Gasteiger partial charge in [-0.1, -0.05) is 6.92 Å². The second-order valence-electron chi connectivity index (χ2n) is 5.15. The summed E-state index contributed by atoms with van der Waals surface area (Å²) in [5, 5.41) is 10.7. The number of furan rings is 1. The number of nitrogens with zero attached hydrogens (tertiary/aromatic N) is 3. The lowest BCUT2D eigenvalue weighted by Crippen LogP contribution is -2.41. The van der Waals surface area contributed by atoms with E-state index in [2.05, 4.69) is 32.3 Å². The quantitative estimate of drug-likeness (QED) is 0.890. The van der Waals surface area contributed by atoms with E-state index in [1.165, 1.54) is 0 Å². The fraction of sp³-hybridized carbons (Fsp3) is 0.571. The van der Waals surface area contributed by atoms with Gasteiger partial charge in [0.15, 0.2) is 5.82 Å². The van der Waals surface area contributed by atoms with Gasteiger partial charge in [-0.3, -0.25) is 5.10 Å². The summed E-state index contributed by atoms with van der Waals surface area (Å²) in [4.78, 5) is 6.85. The highest BCUT2D eigenvalue weighted by Gasteiger charge is 2.21. The van der Waals surface area contributed by atoms with E-state index in [1.807, 2.05) is 13.1 Å². The second kappa shape index (κ2) is 5.66. The van der Waals surface area contributed by atoms with E-state index in [9.17, 15) is 0 Å². The van der Waals surface area contributed by atoms with Crippen molar-refractivity contribution in [3.05, 3.63) is 18.1 Å². The van der Waals surface area contributed by atoms with Crippen molar-refractivity contribution < 1.29 is 4.42 Å². The maximum absolute atomic E-state index is 5.44. The monoisotopic (exact) mass is 275 g/mol. The number of aromatic nitrogens is 3. The number of hydrogen-bond donors (Lipinski definition) is 2. The molecule has 1 aliphatic rings. The summed E-state index contributed by atoms with van der Waals surface area (Å²) in [5.74, 6) is 2.53. The van der Waals surface area contributed by atoms with Crippen molar-refractivity contribution in [1.82, 2.24) is 20.5 Å². The lowest BCUT2D eigenvalue weighted by atomic mass is 10.1. The van der Waals surface area contributed by atoms with Crippen molar-refractivity contribution in [3.63, 3.8) is 0 Å². The van der Waals surface area contributed by atoms with Crippen LogP contribution in [0.2, 0.25) is 0 Å². The fourth-order valence-corrected chi connectivity index (χ4v) is 2.71. The SMILES string of the molecule is CCc1occc1-c1nc(N2CCC(NC)CC2)n[nH]1. The van der Waals surface area contributed by atoms with Crippen LogP contribution in [0.15, 0.2) is 16.7 Å². The molecule has 2 N–H and O–H groups in total. The Morgan fingerprint density at radius 1 is 1.45 bits per heavy atom. The summed E-state index contributed by atoms with van der Waals surface area (Å²) in [6.45, 7) is 4.06. The molecule has 1 aliphatic heterocycles. The minimum absolute atomic E-state index is 0.616. The molecule has 0 bridgehead atoms. The summed E-state index contributed by atoms with van der Waals surface area (Å²) in [6.07, 6.45) is 4.82. The van der Waals surface area contributed by atoms with Gasteiger partial charge < -0.3 is 14.6 Å². The van der Waals surface area contributed by atoms with Gasteiger partial charge in [0.05, 0.1) is 11.8 Å². The zero-order valence-corrected chi connectivity index (χ0v) is 12.0. The summed E-state index contributed by atoms with van der Waals surface area (Å²) < 4.78 is 5.44. The zero-order chi connectivity index (χ0) is 13.9. The van der Waals surface area contributed by atoms with Gasteiger partial charge in [-0.25, -0.2) is 0 Å². The second-order valence-corrected chi connectivity index (χ2v) is 5.15. The van der Waals surface area contributed by atoms with Crippen LogP contribution >= 0.6 is 0 Å². The third-order valence-corrected chi connectivity index (χ3v) is 3.98. The molecule has 2 aromatic heterocycles. The van der Waals surface area contributed by atoms with Crippen LogP contribution in [-0.2, 0) is 6.42 Å². The maximum Gasteiger partial charge on any atom is 0.245 e. The van der Waals surface area contributed by atoms with E-state index in [4.69, 9.17) is 4.42 Å². The number of H-pyrrole nitrogens is 1. The van der Waals surface area contributed by atoms with Crippen LogP contribution in [-0.4, -0.2) is 41.4 Å².